The van der Waals surface area contributed by atoms with E-state index in [1.165, 1.54) is 6.42 Å². The van der Waals surface area contributed by atoms with Gasteiger partial charge in [0.15, 0.2) is 0 Å². The maximum absolute atomic E-state index is 11.3. The summed E-state index contributed by atoms with van der Waals surface area (Å²) in [5.74, 6) is 0.592. The van der Waals surface area contributed by atoms with Crippen LogP contribution in [0.1, 0.15) is 46.0 Å². The third kappa shape index (κ3) is 2.86. The van der Waals surface area contributed by atoms with E-state index in [9.17, 15) is 9.90 Å². The number of hydrogen-bond acceptors (Lipinski definition) is 3. The minimum absolute atomic E-state index is 0.106. The average Bonchev–Trinajstić information content (AvgIpc) is 3.14. The van der Waals surface area contributed by atoms with Gasteiger partial charge >= 0.3 is 5.97 Å². The monoisotopic (exact) mass is 255 g/mol. The Labute approximate surface area is 109 Å². The molecule has 0 aromatic heterocycles. The van der Waals surface area contributed by atoms with Crippen LogP contribution >= 0.6 is 0 Å². The van der Waals surface area contributed by atoms with Crippen LogP contribution in [0.25, 0.3) is 0 Å². The number of ether oxygens (including phenoxy) is 1. The first kappa shape index (κ1) is 13.8. The molecule has 0 aliphatic heterocycles. The number of carbonyl (C=O) groups is 1. The second kappa shape index (κ2) is 5.17. The van der Waals surface area contributed by atoms with Crippen molar-refractivity contribution < 1.29 is 14.6 Å². The zero-order chi connectivity index (χ0) is 13.3. The molecule has 0 aromatic rings. The normalized spacial score (nSPS) is 36.1. The van der Waals surface area contributed by atoms with Crippen LogP contribution in [0.3, 0.4) is 0 Å². The van der Waals surface area contributed by atoms with Gasteiger partial charge in [-0.15, -0.1) is 0 Å². The van der Waals surface area contributed by atoms with Gasteiger partial charge in [-0.2, -0.15) is 0 Å². The lowest BCUT2D eigenvalue weighted by molar-refractivity contribution is -0.148. The molecular formula is C14H25NO3. The molecule has 2 fully saturated rings. The van der Waals surface area contributed by atoms with Gasteiger partial charge in [-0.05, 0) is 49.9 Å². The fourth-order valence-corrected chi connectivity index (χ4v) is 2.86. The molecule has 4 nitrogen and oxygen atoms in total. The minimum atomic E-state index is -1.16. The summed E-state index contributed by atoms with van der Waals surface area (Å²) in [6.07, 6.45) is 5.26. The van der Waals surface area contributed by atoms with Crippen molar-refractivity contribution in [1.82, 2.24) is 0 Å². The Morgan fingerprint density at radius 2 is 1.94 bits per heavy atom. The maximum Gasteiger partial charge on any atom is 0.326 e. The number of aliphatic carboxylic acids is 1. The van der Waals surface area contributed by atoms with Crippen LogP contribution in [-0.4, -0.2) is 29.3 Å². The van der Waals surface area contributed by atoms with Crippen molar-refractivity contribution in [2.75, 3.05) is 6.61 Å². The molecule has 0 bridgehead atoms. The summed E-state index contributed by atoms with van der Waals surface area (Å²) in [5, 5.41) is 9.26. The van der Waals surface area contributed by atoms with Crippen LogP contribution in [-0.2, 0) is 9.53 Å². The highest BCUT2D eigenvalue weighted by molar-refractivity contribution is 5.79. The predicted molar refractivity (Wildman–Crippen MR) is 69.2 cm³/mol. The Hall–Kier alpha value is -0.610. The Morgan fingerprint density at radius 1 is 1.28 bits per heavy atom. The van der Waals surface area contributed by atoms with E-state index in [2.05, 4.69) is 13.8 Å². The Bertz CT molecular complexity index is 316. The van der Waals surface area contributed by atoms with Crippen LogP contribution in [0.2, 0.25) is 0 Å². The molecule has 0 amide bonds. The van der Waals surface area contributed by atoms with Gasteiger partial charge in [-0.25, -0.2) is 0 Å². The first-order chi connectivity index (χ1) is 8.43. The summed E-state index contributed by atoms with van der Waals surface area (Å²) in [6, 6.07) is 0. The summed E-state index contributed by atoms with van der Waals surface area (Å²) in [7, 11) is 0. The van der Waals surface area contributed by atoms with Crippen molar-refractivity contribution in [2.24, 2.45) is 23.5 Å². The lowest BCUT2D eigenvalue weighted by atomic mass is 9.80. The van der Waals surface area contributed by atoms with Gasteiger partial charge in [0.25, 0.3) is 0 Å². The summed E-state index contributed by atoms with van der Waals surface area (Å²) < 4.78 is 5.82. The van der Waals surface area contributed by atoms with Crippen molar-refractivity contribution >= 4 is 5.97 Å². The first-order valence-corrected chi connectivity index (χ1v) is 7.07. The van der Waals surface area contributed by atoms with Crippen LogP contribution in [0.5, 0.6) is 0 Å². The molecule has 3 N–H and O–H groups in total. The van der Waals surface area contributed by atoms with Crippen molar-refractivity contribution in [3.8, 4) is 0 Å². The van der Waals surface area contributed by atoms with Gasteiger partial charge in [0.05, 0.1) is 12.7 Å². The van der Waals surface area contributed by atoms with E-state index in [-0.39, 0.29) is 18.6 Å². The lowest BCUT2D eigenvalue weighted by Gasteiger charge is -2.34. The number of nitrogens with two attached hydrogens (primary N) is 1. The van der Waals surface area contributed by atoms with Gasteiger partial charge in [-0.1, -0.05) is 13.8 Å². The third-order valence-electron chi connectivity index (χ3n) is 4.81. The topological polar surface area (TPSA) is 72.5 Å². The van der Waals surface area contributed by atoms with Crippen molar-refractivity contribution in [3.05, 3.63) is 0 Å². The van der Waals surface area contributed by atoms with E-state index in [0.29, 0.717) is 5.92 Å². The average molecular weight is 255 g/mol. The second-order valence-electron chi connectivity index (χ2n) is 6.32. The highest BCUT2D eigenvalue weighted by Crippen LogP contribution is 2.39. The van der Waals surface area contributed by atoms with Crippen molar-refractivity contribution in [1.29, 1.82) is 0 Å². The molecule has 0 saturated heterocycles. The summed E-state index contributed by atoms with van der Waals surface area (Å²) in [4.78, 5) is 11.3. The van der Waals surface area contributed by atoms with Crippen LogP contribution < -0.4 is 5.73 Å². The zero-order valence-corrected chi connectivity index (χ0v) is 11.4. The highest BCUT2D eigenvalue weighted by Gasteiger charge is 2.49. The van der Waals surface area contributed by atoms with E-state index in [1.807, 2.05) is 0 Å². The molecule has 18 heavy (non-hydrogen) atoms. The molecule has 4 atom stereocenters. The minimum Gasteiger partial charge on any atom is -0.480 e. The smallest absolute Gasteiger partial charge is 0.326 e. The number of hydrogen-bond donors (Lipinski definition) is 2. The van der Waals surface area contributed by atoms with Gasteiger partial charge in [0.2, 0.25) is 0 Å². The van der Waals surface area contributed by atoms with Gasteiger partial charge in [0, 0.05) is 0 Å². The molecule has 2 saturated carbocycles. The van der Waals surface area contributed by atoms with Crippen molar-refractivity contribution in [2.45, 2.75) is 57.6 Å². The fraction of sp³-hybridized carbons (Fsp3) is 0.929. The quantitative estimate of drug-likeness (QED) is 0.788. The van der Waals surface area contributed by atoms with E-state index in [1.54, 1.807) is 0 Å². The molecule has 4 unspecified atom stereocenters. The first-order valence-electron chi connectivity index (χ1n) is 7.07. The molecule has 2 aliphatic rings. The van der Waals surface area contributed by atoms with Gasteiger partial charge in [-0.3, -0.25) is 4.79 Å². The lowest BCUT2D eigenvalue weighted by Crippen LogP contribution is -2.54. The zero-order valence-electron chi connectivity index (χ0n) is 11.4. The van der Waals surface area contributed by atoms with E-state index in [4.69, 9.17) is 10.5 Å². The van der Waals surface area contributed by atoms with Crippen LogP contribution in [0.4, 0.5) is 0 Å². The van der Waals surface area contributed by atoms with Gasteiger partial charge < -0.3 is 15.6 Å². The van der Waals surface area contributed by atoms with Gasteiger partial charge in [0.1, 0.15) is 5.54 Å². The van der Waals surface area contributed by atoms with Crippen LogP contribution in [0.15, 0.2) is 0 Å². The molecule has 0 spiro atoms. The van der Waals surface area contributed by atoms with Crippen LogP contribution in [0, 0.1) is 17.8 Å². The SMILES string of the molecule is CC1CCC(OCC(N)(C(=O)O)C2CC2)CC1C. The molecular weight excluding hydrogens is 230 g/mol. The van der Waals surface area contributed by atoms with E-state index >= 15 is 0 Å². The molecule has 2 aliphatic carbocycles. The number of rotatable bonds is 5. The molecule has 104 valence electrons. The maximum atomic E-state index is 11.3. The molecule has 4 heteroatoms. The Balaban J connectivity index is 1.85. The molecule has 2 rings (SSSR count). The third-order valence-corrected chi connectivity index (χ3v) is 4.81. The number of carboxylic acid groups (broad SMARTS) is 1. The summed E-state index contributed by atoms with van der Waals surface area (Å²) in [5.41, 5.74) is 4.84. The molecule has 0 radical (unpaired) electrons. The Morgan fingerprint density at radius 3 is 2.44 bits per heavy atom. The second-order valence-corrected chi connectivity index (χ2v) is 6.32. The molecule has 0 heterocycles. The van der Waals surface area contributed by atoms with E-state index in [0.717, 1.165) is 31.6 Å². The fourth-order valence-electron chi connectivity index (χ4n) is 2.86. The van der Waals surface area contributed by atoms with Crippen molar-refractivity contribution in [3.63, 3.8) is 0 Å². The Kier molecular flexibility index (Phi) is 3.97. The largest absolute Gasteiger partial charge is 0.480 e. The predicted octanol–water partition coefficient (Wildman–Crippen LogP) is 2.02. The summed E-state index contributed by atoms with van der Waals surface area (Å²) in [6.45, 7) is 4.68. The number of carboxylic acids is 1. The van der Waals surface area contributed by atoms with E-state index < -0.39 is 11.5 Å². The molecule has 0 aromatic carbocycles. The highest BCUT2D eigenvalue weighted by atomic mass is 16.5. The summed E-state index contributed by atoms with van der Waals surface area (Å²) >= 11 is 0. The standard InChI is InChI=1S/C14H25NO3/c1-9-3-6-12(7-10(9)2)18-8-14(15,13(16)17)11-4-5-11/h9-12H,3-8,15H2,1-2H3,(H,16,17).